The van der Waals surface area contributed by atoms with Gasteiger partial charge in [0.1, 0.15) is 11.2 Å². The lowest BCUT2D eigenvalue weighted by Gasteiger charge is -2.16. The minimum Gasteiger partial charge on any atom is -0.456 e. The van der Waals surface area contributed by atoms with E-state index in [-0.39, 0.29) is 0 Å². The van der Waals surface area contributed by atoms with Gasteiger partial charge in [-0.15, -0.1) is 0 Å². The van der Waals surface area contributed by atoms with Crippen molar-refractivity contribution in [2.75, 3.05) is 5.73 Å². The van der Waals surface area contributed by atoms with Crippen molar-refractivity contribution >= 4 is 27.6 Å². The van der Waals surface area contributed by atoms with Crippen LogP contribution in [-0.4, -0.2) is 0 Å². The maximum atomic E-state index is 6.41. The molecule has 3 rings (SSSR count). The molecule has 2 aromatic carbocycles. The average molecular weight is 267 g/mol. The van der Waals surface area contributed by atoms with Crippen molar-refractivity contribution in [1.29, 1.82) is 0 Å². The number of fused-ring (bicyclic) bond motifs is 3. The molecular formula is C18H21NO. The Bertz CT molecular complexity index is 781. The smallest absolute Gasteiger partial charge is 0.140 e. The minimum absolute atomic E-state index is 0.344. The Labute approximate surface area is 119 Å². The van der Waals surface area contributed by atoms with Crippen LogP contribution in [-0.2, 0) is 0 Å². The fourth-order valence-corrected chi connectivity index (χ4v) is 2.97. The summed E-state index contributed by atoms with van der Waals surface area (Å²) in [6.07, 6.45) is 0. The van der Waals surface area contributed by atoms with Crippen molar-refractivity contribution in [3.8, 4) is 0 Å². The Balaban J connectivity index is 2.51. The second-order valence-electron chi connectivity index (χ2n) is 6.08. The highest BCUT2D eigenvalue weighted by Crippen LogP contribution is 2.40. The maximum Gasteiger partial charge on any atom is 0.140 e. The summed E-state index contributed by atoms with van der Waals surface area (Å²) >= 11 is 0. The summed E-state index contributed by atoms with van der Waals surface area (Å²) in [5.41, 5.74) is 11.5. The molecule has 0 atom stereocenters. The summed E-state index contributed by atoms with van der Waals surface area (Å²) in [5, 5.41) is 2.36. The second-order valence-corrected chi connectivity index (χ2v) is 6.08. The van der Waals surface area contributed by atoms with E-state index in [4.69, 9.17) is 10.2 Å². The number of benzene rings is 2. The molecule has 0 aliphatic heterocycles. The zero-order valence-electron chi connectivity index (χ0n) is 12.5. The van der Waals surface area contributed by atoms with Gasteiger partial charge in [0.25, 0.3) is 0 Å². The van der Waals surface area contributed by atoms with E-state index in [2.05, 4.69) is 45.9 Å². The lowest BCUT2D eigenvalue weighted by atomic mass is 9.90. The van der Waals surface area contributed by atoms with Gasteiger partial charge in [0, 0.05) is 22.0 Å². The minimum atomic E-state index is 0.344. The molecule has 0 unspecified atom stereocenters. The van der Waals surface area contributed by atoms with E-state index >= 15 is 0 Å². The van der Waals surface area contributed by atoms with E-state index in [0.717, 1.165) is 22.4 Å². The number of hydrogen-bond donors (Lipinski definition) is 1. The van der Waals surface area contributed by atoms with E-state index in [1.807, 2.05) is 12.1 Å². The zero-order chi connectivity index (χ0) is 14.4. The van der Waals surface area contributed by atoms with Gasteiger partial charge in [-0.25, -0.2) is 0 Å². The largest absolute Gasteiger partial charge is 0.456 e. The first-order valence-corrected chi connectivity index (χ1v) is 7.24. The Hall–Kier alpha value is -1.96. The third-order valence-corrected chi connectivity index (χ3v) is 3.98. The highest BCUT2D eigenvalue weighted by molar-refractivity contribution is 6.07. The number of furan rings is 1. The fourth-order valence-electron chi connectivity index (χ4n) is 2.97. The molecule has 0 saturated carbocycles. The number of para-hydroxylation sites is 1. The highest BCUT2D eigenvalue weighted by Gasteiger charge is 2.20. The Morgan fingerprint density at radius 1 is 0.950 bits per heavy atom. The summed E-state index contributed by atoms with van der Waals surface area (Å²) in [5.74, 6) is 0.752. The van der Waals surface area contributed by atoms with Crippen LogP contribution in [0.15, 0.2) is 34.7 Å². The van der Waals surface area contributed by atoms with Crippen molar-refractivity contribution in [1.82, 2.24) is 0 Å². The van der Waals surface area contributed by atoms with Crippen LogP contribution in [0.3, 0.4) is 0 Å². The van der Waals surface area contributed by atoms with Crippen molar-refractivity contribution in [2.24, 2.45) is 0 Å². The van der Waals surface area contributed by atoms with Crippen LogP contribution < -0.4 is 5.73 Å². The number of nitrogens with two attached hydrogens (primary N) is 1. The Morgan fingerprint density at radius 3 is 2.30 bits per heavy atom. The van der Waals surface area contributed by atoms with Crippen LogP contribution in [0.5, 0.6) is 0 Å². The molecule has 0 radical (unpaired) electrons. The summed E-state index contributed by atoms with van der Waals surface area (Å²) in [7, 11) is 0. The van der Waals surface area contributed by atoms with E-state index in [0.29, 0.717) is 11.8 Å². The quantitative estimate of drug-likeness (QED) is 0.630. The lowest BCUT2D eigenvalue weighted by Crippen LogP contribution is -2.03. The SMILES string of the molecule is CC(C)c1cc2c(oc3ccccc32)c(C(C)C)c1N. The van der Waals surface area contributed by atoms with Crippen LogP contribution in [0.1, 0.15) is 50.7 Å². The molecule has 2 nitrogen and oxygen atoms in total. The predicted octanol–water partition coefficient (Wildman–Crippen LogP) is 5.42. The van der Waals surface area contributed by atoms with Crippen molar-refractivity contribution in [3.63, 3.8) is 0 Å². The van der Waals surface area contributed by atoms with Gasteiger partial charge in [0.05, 0.1) is 0 Å². The molecule has 1 heterocycles. The van der Waals surface area contributed by atoms with E-state index in [9.17, 15) is 0 Å². The highest BCUT2D eigenvalue weighted by atomic mass is 16.3. The van der Waals surface area contributed by atoms with Gasteiger partial charge in [-0.05, 0) is 29.5 Å². The summed E-state index contributed by atoms with van der Waals surface area (Å²) in [6, 6.07) is 10.4. The average Bonchev–Trinajstić information content (AvgIpc) is 2.74. The van der Waals surface area contributed by atoms with Gasteiger partial charge in [-0.2, -0.15) is 0 Å². The lowest BCUT2D eigenvalue weighted by molar-refractivity contribution is 0.657. The molecular weight excluding hydrogens is 246 g/mol. The molecule has 0 aliphatic rings. The van der Waals surface area contributed by atoms with Crippen LogP contribution >= 0.6 is 0 Å². The molecule has 0 saturated heterocycles. The Kier molecular flexibility index (Phi) is 2.97. The topological polar surface area (TPSA) is 39.2 Å². The molecule has 0 bridgehead atoms. The molecule has 0 fully saturated rings. The van der Waals surface area contributed by atoms with Gasteiger partial charge in [-0.3, -0.25) is 0 Å². The normalized spacial score (nSPS) is 12.1. The monoisotopic (exact) mass is 267 g/mol. The van der Waals surface area contributed by atoms with Crippen LogP contribution in [0.4, 0.5) is 5.69 Å². The number of nitrogen functional groups attached to an aromatic ring is 1. The molecule has 0 aliphatic carbocycles. The van der Waals surface area contributed by atoms with E-state index in [1.165, 1.54) is 16.3 Å². The maximum absolute atomic E-state index is 6.41. The number of rotatable bonds is 2. The van der Waals surface area contributed by atoms with Crippen molar-refractivity contribution in [3.05, 3.63) is 41.5 Å². The predicted molar refractivity (Wildman–Crippen MR) is 86.3 cm³/mol. The molecule has 104 valence electrons. The van der Waals surface area contributed by atoms with Crippen molar-refractivity contribution in [2.45, 2.75) is 39.5 Å². The van der Waals surface area contributed by atoms with Crippen LogP contribution in [0.2, 0.25) is 0 Å². The first-order chi connectivity index (χ1) is 9.50. The third-order valence-electron chi connectivity index (χ3n) is 3.98. The number of anilines is 1. The summed E-state index contributed by atoms with van der Waals surface area (Å²) in [4.78, 5) is 0. The van der Waals surface area contributed by atoms with Gasteiger partial charge < -0.3 is 10.2 Å². The van der Waals surface area contributed by atoms with Gasteiger partial charge in [-0.1, -0.05) is 45.9 Å². The standard InChI is InChI=1S/C18H21NO/c1-10(2)13-9-14-12-7-5-6-8-15(12)20-18(14)16(11(3)4)17(13)19/h5-11H,19H2,1-4H3. The van der Waals surface area contributed by atoms with E-state index in [1.54, 1.807) is 0 Å². The van der Waals surface area contributed by atoms with E-state index < -0.39 is 0 Å². The molecule has 20 heavy (non-hydrogen) atoms. The molecule has 1 aromatic heterocycles. The van der Waals surface area contributed by atoms with Crippen LogP contribution in [0, 0.1) is 0 Å². The first-order valence-electron chi connectivity index (χ1n) is 7.24. The third kappa shape index (κ3) is 1.79. The number of hydrogen-bond acceptors (Lipinski definition) is 2. The van der Waals surface area contributed by atoms with Gasteiger partial charge in [0.15, 0.2) is 0 Å². The second kappa shape index (κ2) is 4.55. The van der Waals surface area contributed by atoms with Gasteiger partial charge in [0.2, 0.25) is 0 Å². The Morgan fingerprint density at radius 2 is 1.65 bits per heavy atom. The summed E-state index contributed by atoms with van der Waals surface area (Å²) in [6.45, 7) is 8.71. The molecule has 2 heteroatoms. The van der Waals surface area contributed by atoms with Gasteiger partial charge >= 0.3 is 0 Å². The molecule has 2 N–H and O–H groups in total. The van der Waals surface area contributed by atoms with Crippen LogP contribution in [0.25, 0.3) is 21.9 Å². The first kappa shape index (κ1) is 13.0. The van der Waals surface area contributed by atoms with Crippen molar-refractivity contribution < 1.29 is 4.42 Å². The molecule has 3 aromatic rings. The zero-order valence-corrected chi connectivity index (χ0v) is 12.5. The summed E-state index contributed by atoms with van der Waals surface area (Å²) < 4.78 is 6.08. The fraction of sp³-hybridized carbons (Fsp3) is 0.333. The molecule has 0 amide bonds. The molecule has 0 spiro atoms.